The maximum absolute atomic E-state index is 6.17. The Bertz CT molecular complexity index is 386. The van der Waals surface area contributed by atoms with E-state index < -0.39 is 0 Å². The van der Waals surface area contributed by atoms with Gasteiger partial charge in [0, 0.05) is 21.6 Å². The van der Waals surface area contributed by atoms with Gasteiger partial charge in [0.2, 0.25) is 0 Å². The van der Waals surface area contributed by atoms with Crippen LogP contribution in [0.25, 0.3) is 0 Å². The fraction of sp³-hybridized carbons (Fsp3) is 0.455. The van der Waals surface area contributed by atoms with Crippen LogP contribution in [0, 0.1) is 0 Å². The van der Waals surface area contributed by atoms with Crippen LogP contribution in [0.1, 0.15) is 11.6 Å². The smallest absolute Gasteiger partial charge is 0.0873 e. The van der Waals surface area contributed by atoms with E-state index in [4.69, 9.17) is 33.8 Å². The number of rotatable bonds is 3. The molecule has 2 rings (SSSR count). The van der Waals surface area contributed by atoms with Crippen molar-refractivity contribution < 1.29 is 4.74 Å². The van der Waals surface area contributed by atoms with Crippen LogP contribution >= 0.6 is 35.0 Å². The monoisotopic (exact) mass is 292 g/mol. The van der Waals surface area contributed by atoms with E-state index in [0.29, 0.717) is 10.0 Å². The molecule has 1 aromatic rings. The largest absolute Gasteiger partial charge is 0.374 e. The molecule has 3 N–H and O–H groups in total. The molecule has 0 bridgehead atoms. The molecule has 17 heavy (non-hydrogen) atoms. The molecule has 0 amide bonds. The number of thioether (sulfide) groups is 1. The zero-order valence-electron chi connectivity index (χ0n) is 9.16. The molecule has 1 fully saturated rings. The molecule has 1 aromatic carbocycles. The molecule has 1 saturated heterocycles. The van der Waals surface area contributed by atoms with Gasteiger partial charge in [-0.1, -0.05) is 23.2 Å². The van der Waals surface area contributed by atoms with E-state index in [1.807, 2.05) is 17.8 Å². The van der Waals surface area contributed by atoms with Crippen LogP contribution in [0.4, 0.5) is 0 Å². The lowest BCUT2D eigenvalue weighted by molar-refractivity contribution is 0.0468. The van der Waals surface area contributed by atoms with E-state index >= 15 is 0 Å². The van der Waals surface area contributed by atoms with Gasteiger partial charge in [-0.15, -0.1) is 0 Å². The molecule has 1 aliphatic heterocycles. The Morgan fingerprint density at radius 3 is 2.94 bits per heavy atom. The number of nitrogens with one attached hydrogen (secondary N) is 1. The number of halogens is 2. The molecule has 0 saturated carbocycles. The minimum Gasteiger partial charge on any atom is -0.374 e. The first-order valence-corrected chi connectivity index (χ1v) is 7.24. The summed E-state index contributed by atoms with van der Waals surface area (Å²) in [5.74, 6) is 7.54. The van der Waals surface area contributed by atoms with Gasteiger partial charge < -0.3 is 4.74 Å². The topological polar surface area (TPSA) is 47.3 Å². The van der Waals surface area contributed by atoms with Gasteiger partial charge in [0.05, 0.1) is 18.8 Å². The highest BCUT2D eigenvalue weighted by Crippen LogP contribution is 2.31. The quantitative estimate of drug-likeness (QED) is 0.664. The molecule has 0 spiro atoms. The van der Waals surface area contributed by atoms with Gasteiger partial charge in [-0.05, 0) is 23.8 Å². The van der Waals surface area contributed by atoms with Gasteiger partial charge in [-0.3, -0.25) is 11.3 Å². The Balaban J connectivity index is 2.24. The number of benzene rings is 1. The third kappa shape index (κ3) is 3.28. The van der Waals surface area contributed by atoms with Crippen LogP contribution in [0.2, 0.25) is 10.0 Å². The van der Waals surface area contributed by atoms with Crippen LogP contribution in [0.3, 0.4) is 0 Å². The second-order valence-corrected chi connectivity index (χ2v) is 5.79. The van der Waals surface area contributed by atoms with Crippen molar-refractivity contribution in [2.45, 2.75) is 12.1 Å². The molecule has 2 atom stereocenters. The third-order valence-corrected chi connectivity index (χ3v) is 4.29. The first kappa shape index (κ1) is 13.5. The van der Waals surface area contributed by atoms with E-state index in [-0.39, 0.29) is 12.1 Å². The van der Waals surface area contributed by atoms with Crippen molar-refractivity contribution >= 4 is 35.0 Å². The first-order chi connectivity index (χ1) is 8.22. The molecule has 0 aromatic heterocycles. The summed E-state index contributed by atoms with van der Waals surface area (Å²) in [6.45, 7) is 0.742. The summed E-state index contributed by atoms with van der Waals surface area (Å²) in [5, 5.41) is 1.30. The molecule has 1 aliphatic rings. The average molecular weight is 293 g/mol. The lowest BCUT2D eigenvalue weighted by Crippen LogP contribution is -2.41. The normalized spacial score (nSPS) is 22.4. The second-order valence-electron chi connectivity index (χ2n) is 3.79. The second kappa shape index (κ2) is 6.27. The molecule has 6 heteroatoms. The zero-order valence-corrected chi connectivity index (χ0v) is 11.5. The van der Waals surface area contributed by atoms with Crippen LogP contribution in [0.15, 0.2) is 18.2 Å². The van der Waals surface area contributed by atoms with Crippen molar-refractivity contribution in [1.82, 2.24) is 5.43 Å². The van der Waals surface area contributed by atoms with Crippen LogP contribution < -0.4 is 11.3 Å². The highest BCUT2D eigenvalue weighted by molar-refractivity contribution is 7.99. The maximum Gasteiger partial charge on any atom is 0.0873 e. The molecule has 0 radical (unpaired) electrons. The summed E-state index contributed by atoms with van der Waals surface area (Å²) < 4.78 is 5.72. The maximum atomic E-state index is 6.17. The van der Waals surface area contributed by atoms with Gasteiger partial charge >= 0.3 is 0 Å². The van der Waals surface area contributed by atoms with Crippen molar-refractivity contribution in [3.8, 4) is 0 Å². The lowest BCUT2D eigenvalue weighted by atomic mass is 10.0. The van der Waals surface area contributed by atoms with Gasteiger partial charge in [-0.2, -0.15) is 11.8 Å². The molecule has 2 unspecified atom stereocenters. The van der Waals surface area contributed by atoms with Gasteiger partial charge in [0.25, 0.3) is 0 Å². The number of hydrogen-bond acceptors (Lipinski definition) is 4. The number of ether oxygens (including phenoxy) is 1. The number of hydrogen-bond donors (Lipinski definition) is 2. The Kier molecular flexibility index (Phi) is 4.97. The van der Waals surface area contributed by atoms with Crippen LogP contribution in [0.5, 0.6) is 0 Å². The Morgan fingerprint density at radius 2 is 2.29 bits per heavy atom. The summed E-state index contributed by atoms with van der Waals surface area (Å²) in [7, 11) is 0. The van der Waals surface area contributed by atoms with Crippen molar-refractivity contribution in [3.63, 3.8) is 0 Å². The summed E-state index contributed by atoms with van der Waals surface area (Å²) in [4.78, 5) is 0. The van der Waals surface area contributed by atoms with E-state index in [1.165, 1.54) is 0 Å². The summed E-state index contributed by atoms with van der Waals surface area (Å²) >= 11 is 14.0. The summed E-state index contributed by atoms with van der Waals surface area (Å²) in [6, 6.07) is 5.24. The van der Waals surface area contributed by atoms with E-state index in [1.54, 1.807) is 12.1 Å². The summed E-state index contributed by atoms with van der Waals surface area (Å²) in [6.07, 6.45) is 0.0229. The number of nitrogens with two attached hydrogens (primary N) is 1. The third-order valence-electron chi connectivity index (χ3n) is 2.69. The van der Waals surface area contributed by atoms with Crippen molar-refractivity contribution in [2.24, 2.45) is 5.84 Å². The molecule has 0 aliphatic carbocycles. The molecule has 94 valence electrons. The van der Waals surface area contributed by atoms with Crippen molar-refractivity contribution in [1.29, 1.82) is 0 Å². The predicted molar refractivity (Wildman–Crippen MR) is 73.6 cm³/mol. The van der Waals surface area contributed by atoms with Crippen molar-refractivity contribution in [3.05, 3.63) is 33.8 Å². The number of hydrazine groups is 1. The zero-order chi connectivity index (χ0) is 12.3. The van der Waals surface area contributed by atoms with Crippen molar-refractivity contribution in [2.75, 3.05) is 18.1 Å². The van der Waals surface area contributed by atoms with E-state index in [2.05, 4.69) is 5.43 Å². The predicted octanol–water partition coefficient (Wildman–Crippen LogP) is 2.63. The summed E-state index contributed by atoms with van der Waals surface area (Å²) in [5.41, 5.74) is 3.66. The minimum atomic E-state index is -0.131. The van der Waals surface area contributed by atoms with E-state index in [9.17, 15) is 0 Å². The highest BCUT2D eigenvalue weighted by Gasteiger charge is 2.27. The Hall–Kier alpha value is 0.0300. The van der Waals surface area contributed by atoms with Gasteiger partial charge in [0.1, 0.15) is 0 Å². The average Bonchev–Trinajstić information content (AvgIpc) is 2.36. The minimum absolute atomic E-state index is 0.0229. The Morgan fingerprint density at radius 1 is 1.47 bits per heavy atom. The standard InChI is InChI=1S/C11H14Cl2N2OS/c12-7-1-2-9(13)8(5-7)11(15-14)10-6-17-4-3-16-10/h1-2,5,10-11,15H,3-4,6,14H2. The molecule has 3 nitrogen and oxygen atoms in total. The Labute approximate surface area is 115 Å². The molecular weight excluding hydrogens is 279 g/mol. The molecule has 1 heterocycles. The lowest BCUT2D eigenvalue weighted by Gasteiger charge is -2.30. The van der Waals surface area contributed by atoms with Crippen LogP contribution in [-0.2, 0) is 4.74 Å². The van der Waals surface area contributed by atoms with E-state index in [0.717, 1.165) is 23.7 Å². The van der Waals surface area contributed by atoms with Crippen LogP contribution in [-0.4, -0.2) is 24.2 Å². The SMILES string of the molecule is NNC(c1cc(Cl)ccc1Cl)C1CSCCO1. The van der Waals surface area contributed by atoms with Gasteiger partial charge in [0.15, 0.2) is 0 Å². The van der Waals surface area contributed by atoms with Gasteiger partial charge in [-0.25, -0.2) is 0 Å². The highest BCUT2D eigenvalue weighted by atomic mass is 35.5. The fourth-order valence-electron chi connectivity index (χ4n) is 1.85. The fourth-order valence-corrected chi connectivity index (χ4v) is 3.17. The first-order valence-electron chi connectivity index (χ1n) is 5.33. The molecular formula is C11H14Cl2N2OS.